The molecule has 0 spiro atoms. The molecule has 5 nitrogen and oxygen atoms in total. The molecular formula is C14H28N4O. The van der Waals surface area contributed by atoms with Gasteiger partial charge in [0.2, 0.25) is 5.91 Å². The van der Waals surface area contributed by atoms with Crippen LogP contribution in [0.15, 0.2) is 4.99 Å². The van der Waals surface area contributed by atoms with E-state index < -0.39 is 0 Å². The Morgan fingerprint density at radius 3 is 2.47 bits per heavy atom. The number of amides is 1. The number of aliphatic imine (C=N–C) groups is 1. The number of nitrogens with zero attached hydrogens (tertiary/aromatic N) is 1. The average Bonchev–Trinajstić information content (AvgIpc) is 2.39. The van der Waals surface area contributed by atoms with Crippen LogP contribution in [-0.4, -0.2) is 38.0 Å². The van der Waals surface area contributed by atoms with E-state index in [1.54, 1.807) is 7.05 Å². The lowest BCUT2D eigenvalue weighted by Gasteiger charge is -2.23. The zero-order valence-corrected chi connectivity index (χ0v) is 12.5. The van der Waals surface area contributed by atoms with Crippen molar-refractivity contribution in [2.45, 2.75) is 52.0 Å². The summed E-state index contributed by atoms with van der Waals surface area (Å²) in [4.78, 5) is 15.9. The minimum atomic E-state index is 0.0550. The zero-order valence-electron chi connectivity index (χ0n) is 12.5. The molecule has 1 aliphatic rings. The lowest BCUT2D eigenvalue weighted by atomic mass is 9.95. The summed E-state index contributed by atoms with van der Waals surface area (Å²) < 4.78 is 0. The van der Waals surface area contributed by atoms with Gasteiger partial charge in [0.25, 0.3) is 0 Å². The number of rotatable bonds is 5. The molecule has 0 aromatic rings. The fraction of sp³-hybridized carbons (Fsp3) is 0.857. The van der Waals surface area contributed by atoms with Gasteiger partial charge < -0.3 is 16.0 Å². The summed E-state index contributed by atoms with van der Waals surface area (Å²) in [6, 6.07) is 0.369. The molecule has 1 aliphatic carbocycles. The largest absolute Gasteiger partial charge is 0.356 e. The van der Waals surface area contributed by atoms with Crippen LogP contribution in [0, 0.1) is 5.92 Å². The molecule has 0 unspecified atom stereocenters. The second-order valence-electron chi connectivity index (χ2n) is 5.60. The molecule has 5 heteroatoms. The topological polar surface area (TPSA) is 65.5 Å². The van der Waals surface area contributed by atoms with Crippen molar-refractivity contribution in [3.05, 3.63) is 0 Å². The number of carbonyl (C=O) groups is 1. The number of guanidine groups is 1. The number of hydrogen-bond donors (Lipinski definition) is 3. The summed E-state index contributed by atoms with van der Waals surface area (Å²) in [6.45, 7) is 5.41. The van der Waals surface area contributed by atoms with Crippen molar-refractivity contribution >= 4 is 11.9 Å². The molecule has 0 bridgehead atoms. The summed E-state index contributed by atoms with van der Waals surface area (Å²) in [5.74, 6) is 1.29. The fourth-order valence-corrected chi connectivity index (χ4v) is 2.21. The molecule has 3 N–H and O–H groups in total. The van der Waals surface area contributed by atoms with Gasteiger partial charge in [0, 0.05) is 19.6 Å². The van der Waals surface area contributed by atoms with E-state index in [1.165, 1.54) is 19.3 Å². The predicted octanol–water partition coefficient (Wildman–Crippen LogP) is 1.26. The van der Waals surface area contributed by atoms with Crippen molar-refractivity contribution in [3.63, 3.8) is 0 Å². The molecule has 1 amide bonds. The molecule has 0 radical (unpaired) electrons. The van der Waals surface area contributed by atoms with Crippen LogP contribution >= 0.6 is 0 Å². The molecule has 0 heterocycles. The Morgan fingerprint density at radius 1 is 1.21 bits per heavy atom. The second-order valence-corrected chi connectivity index (χ2v) is 5.60. The normalized spacial score (nSPS) is 17.4. The van der Waals surface area contributed by atoms with E-state index in [0.717, 1.165) is 19.4 Å². The first kappa shape index (κ1) is 15.8. The summed E-state index contributed by atoms with van der Waals surface area (Å²) in [5.41, 5.74) is 0. The Hall–Kier alpha value is -1.26. The van der Waals surface area contributed by atoms with Crippen LogP contribution in [0.5, 0.6) is 0 Å². The SMILES string of the molecule is CN=C(NCC(=O)NC1CCCCC1)NCC(C)C. The highest BCUT2D eigenvalue weighted by Crippen LogP contribution is 2.16. The third kappa shape index (κ3) is 7.03. The van der Waals surface area contributed by atoms with Crippen LogP contribution in [0.3, 0.4) is 0 Å². The van der Waals surface area contributed by atoms with Gasteiger partial charge in [-0.25, -0.2) is 0 Å². The standard InChI is InChI=1S/C14H28N4O/c1-11(2)9-16-14(15-3)17-10-13(19)18-12-7-5-4-6-8-12/h11-12H,4-10H2,1-3H3,(H,18,19)(H2,15,16,17). The first-order chi connectivity index (χ1) is 9.11. The van der Waals surface area contributed by atoms with Gasteiger partial charge in [-0.2, -0.15) is 0 Å². The molecule has 0 saturated heterocycles. The first-order valence-electron chi connectivity index (χ1n) is 7.35. The van der Waals surface area contributed by atoms with E-state index in [0.29, 0.717) is 17.9 Å². The van der Waals surface area contributed by atoms with Crippen molar-refractivity contribution in [1.29, 1.82) is 0 Å². The Labute approximate surface area is 116 Å². The third-order valence-electron chi connectivity index (χ3n) is 3.29. The minimum absolute atomic E-state index is 0.0550. The Balaban J connectivity index is 2.20. The van der Waals surface area contributed by atoms with Gasteiger partial charge in [-0.15, -0.1) is 0 Å². The molecule has 0 aliphatic heterocycles. The van der Waals surface area contributed by atoms with Crippen LogP contribution in [0.4, 0.5) is 0 Å². The maximum atomic E-state index is 11.8. The maximum absolute atomic E-state index is 11.8. The van der Waals surface area contributed by atoms with Crippen molar-refractivity contribution < 1.29 is 4.79 Å². The highest BCUT2D eigenvalue weighted by Gasteiger charge is 2.15. The van der Waals surface area contributed by atoms with Gasteiger partial charge in [0.05, 0.1) is 6.54 Å². The van der Waals surface area contributed by atoms with Gasteiger partial charge in [-0.05, 0) is 18.8 Å². The number of hydrogen-bond acceptors (Lipinski definition) is 2. The van der Waals surface area contributed by atoms with Gasteiger partial charge >= 0.3 is 0 Å². The highest BCUT2D eigenvalue weighted by atomic mass is 16.2. The van der Waals surface area contributed by atoms with Crippen molar-refractivity contribution in [2.75, 3.05) is 20.1 Å². The third-order valence-corrected chi connectivity index (χ3v) is 3.29. The van der Waals surface area contributed by atoms with Gasteiger partial charge in [0.15, 0.2) is 5.96 Å². The van der Waals surface area contributed by atoms with Crippen LogP contribution in [0.2, 0.25) is 0 Å². The van der Waals surface area contributed by atoms with E-state index in [-0.39, 0.29) is 12.5 Å². The molecule has 110 valence electrons. The Kier molecular flexibility index (Phi) is 7.30. The van der Waals surface area contributed by atoms with Gasteiger partial charge in [-0.1, -0.05) is 33.1 Å². The molecule has 0 aromatic carbocycles. The van der Waals surface area contributed by atoms with Crippen molar-refractivity contribution in [1.82, 2.24) is 16.0 Å². The van der Waals surface area contributed by atoms with E-state index in [2.05, 4.69) is 34.8 Å². The van der Waals surface area contributed by atoms with Crippen LogP contribution < -0.4 is 16.0 Å². The summed E-state index contributed by atoms with van der Waals surface area (Å²) in [7, 11) is 1.72. The zero-order chi connectivity index (χ0) is 14.1. The summed E-state index contributed by atoms with van der Waals surface area (Å²) in [6.07, 6.45) is 6.00. The van der Waals surface area contributed by atoms with Crippen LogP contribution in [-0.2, 0) is 4.79 Å². The lowest BCUT2D eigenvalue weighted by molar-refractivity contribution is -0.120. The quantitative estimate of drug-likeness (QED) is 0.519. The molecule has 0 aromatic heterocycles. The number of nitrogens with one attached hydrogen (secondary N) is 3. The smallest absolute Gasteiger partial charge is 0.239 e. The van der Waals surface area contributed by atoms with E-state index in [4.69, 9.17) is 0 Å². The fourth-order valence-electron chi connectivity index (χ4n) is 2.21. The van der Waals surface area contributed by atoms with Crippen molar-refractivity contribution in [2.24, 2.45) is 10.9 Å². The molecule has 1 saturated carbocycles. The maximum Gasteiger partial charge on any atom is 0.239 e. The van der Waals surface area contributed by atoms with Crippen molar-refractivity contribution in [3.8, 4) is 0 Å². The Morgan fingerprint density at radius 2 is 1.89 bits per heavy atom. The summed E-state index contributed by atoms with van der Waals surface area (Å²) >= 11 is 0. The van der Waals surface area contributed by atoms with E-state index >= 15 is 0 Å². The predicted molar refractivity (Wildman–Crippen MR) is 79.2 cm³/mol. The minimum Gasteiger partial charge on any atom is -0.356 e. The molecular weight excluding hydrogens is 240 g/mol. The lowest BCUT2D eigenvalue weighted by Crippen LogP contribution is -2.46. The van der Waals surface area contributed by atoms with Gasteiger partial charge in [-0.3, -0.25) is 9.79 Å². The highest BCUT2D eigenvalue weighted by molar-refractivity contribution is 5.86. The first-order valence-corrected chi connectivity index (χ1v) is 7.35. The molecule has 0 atom stereocenters. The molecule has 1 fully saturated rings. The van der Waals surface area contributed by atoms with Crippen LogP contribution in [0.25, 0.3) is 0 Å². The number of carbonyl (C=O) groups excluding carboxylic acids is 1. The van der Waals surface area contributed by atoms with Gasteiger partial charge in [0.1, 0.15) is 0 Å². The summed E-state index contributed by atoms with van der Waals surface area (Å²) in [5, 5.41) is 9.31. The average molecular weight is 268 g/mol. The monoisotopic (exact) mass is 268 g/mol. The van der Waals surface area contributed by atoms with E-state index in [1.807, 2.05) is 0 Å². The Bertz CT molecular complexity index is 296. The van der Waals surface area contributed by atoms with E-state index in [9.17, 15) is 4.79 Å². The second kappa shape index (κ2) is 8.77. The van der Waals surface area contributed by atoms with Crippen LogP contribution in [0.1, 0.15) is 46.0 Å². The molecule has 19 heavy (non-hydrogen) atoms. The molecule has 1 rings (SSSR count).